The van der Waals surface area contributed by atoms with Crippen LogP contribution in [0.4, 0.5) is 5.69 Å². The standard InChI is InChI=1S/C16H14N4O3S/c17-14-12-6-5-11(7-13(12)19-20-15(14)16(18)21)10-3-1-9(2-4-10)8-24(22)23/h1-7H,8H2,(H2,17,19)(H2,18,21)(H,22,23). The molecule has 1 amide bonds. The number of nitrogen functional groups attached to an aromatic ring is 1. The fourth-order valence-electron chi connectivity index (χ4n) is 2.43. The summed E-state index contributed by atoms with van der Waals surface area (Å²) in [6.45, 7) is 0. The maximum Gasteiger partial charge on any atom is 0.271 e. The highest BCUT2D eigenvalue weighted by atomic mass is 32.2. The number of carbonyl (C=O) groups excluding carboxylic acids is 1. The quantitative estimate of drug-likeness (QED) is 0.618. The Bertz CT molecular complexity index is 957. The summed E-state index contributed by atoms with van der Waals surface area (Å²) in [5.41, 5.74) is 14.4. The second-order valence-corrected chi connectivity index (χ2v) is 6.15. The first-order valence-electron chi connectivity index (χ1n) is 6.98. The fraction of sp³-hybridized carbons (Fsp3) is 0.0625. The molecule has 5 N–H and O–H groups in total. The number of primary amides is 1. The molecule has 0 aliphatic heterocycles. The third-order valence-electron chi connectivity index (χ3n) is 3.61. The van der Waals surface area contributed by atoms with Gasteiger partial charge in [0.2, 0.25) is 0 Å². The van der Waals surface area contributed by atoms with Gasteiger partial charge in [-0.3, -0.25) is 4.79 Å². The Morgan fingerprint density at radius 3 is 2.38 bits per heavy atom. The van der Waals surface area contributed by atoms with E-state index in [4.69, 9.17) is 16.0 Å². The number of hydrogen-bond acceptors (Lipinski definition) is 5. The first-order valence-corrected chi connectivity index (χ1v) is 8.26. The van der Waals surface area contributed by atoms with E-state index in [9.17, 15) is 9.00 Å². The molecule has 3 aromatic rings. The molecule has 0 aliphatic rings. The van der Waals surface area contributed by atoms with Gasteiger partial charge >= 0.3 is 0 Å². The highest BCUT2D eigenvalue weighted by Crippen LogP contribution is 2.27. The van der Waals surface area contributed by atoms with Crippen LogP contribution >= 0.6 is 0 Å². The van der Waals surface area contributed by atoms with Crippen LogP contribution in [-0.2, 0) is 16.8 Å². The largest absolute Gasteiger partial charge is 0.396 e. The lowest BCUT2D eigenvalue weighted by molar-refractivity contribution is 0.0995. The average Bonchev–Trinajstić information content (AvgIpc) is 2.54. The van der Waals surface area contributed by atoms with Crippen LogP contribution < -0.4 is 11.5 Å². The van der Waals surface area contributed by atoms with Gasteiger partial charge in [-0.25, -0.2) is 4.21 Å². The number of hydrogen-bond donors (Lipinski definition) is 3. The van der Waals surface area contributed by atoms with Crippen molar-refractivity contribution in [3.63, 3.8) is 0 Å². The number of nitrogens with zero attached hydrogens (tertiary/aromatic N) is 2. The summed E-state index contributed by atoms with van der Waals surface area (Å²) in [7, 11) is 0. The third kappa shape index (κ3) is 3.10. The summed E-state index contributed by atoms with van der Waals surface area (Å²) in [5.74, 6) is -0.626. The van der Waals surface area contributed by atoms with E-state index in [0.717, 1.165) is 16.7 Å². The van der Waals surface area contributed by atoms with Crippen LogP contribution in [0.5, 0.6) is 0 Å². The Morgan fingerprint density at radius 1 is 1.08 bits per heavy atom. The van der Waals surface area contributed by atoms with Crippen molar-refractivity contribution in [3.8, 4) is 11.1 Å². The molecule has 1 aromatic heterocycles. The number of anilines is 1. The van der Waals surface area contributed by atoms with Gasteiger partial charge in [0.25, 0.3) is 5.91 Å². The van der Waals surface area contributed by atoms with Gasteiger partial charge in [0.05, 0.1) is 17.0 Å². The predicted molar refractivity (Wildman–Crippen MR) is 92.4 cm³/mol. The molecule has 8 heteroatoms. The van der Waals surface area contributed by atoms with Crippen LogP contribution in [0.15, 0.2) is 42.5 Å². The molecule has 122 valence electrons. The van der Waals surface area contributed by atoms with Gasteiger partial charge in [0.15, 0.2) is 16.8 Å². The second-order valence-electron chi connectivity index (χ2n) is 5.22. The Kier molecular flexibility index (Phi) is 4.24. The molecule has 0 radical (unpaired) electrons. The molecule has 1 unspecified atom stereocenters. The van der Waals surface area contributed by atoms with Crippen molar-refractivity contribution in [1.29, 1.82) is 0 Å². The van der Waals surface area contributed by atoms with E-state index in [2.05, 4.69) is 10.2 Å². The van der Waals surface area contributed by atoms with E-state index < -0.39 is 17.0 Å². The summed E-state index contributed by atoms with van der Waals surface area (Å²) in [6.07, 6.45) is 0. The monoisotopic (exact) mass is 342 g/mol. The van der Waals surface area contributed by atoms with Crippen molar-refractivity contribution in [3.05, 3.63) is 53.7 Å². The third-order valence-corrected chi connectivity index (χ3v) is 4.19. The smallest absolute Gasteiger partial charge is 0.271 e. The van der Waals surface area contributed by atoms with Gasteiger partial charge in [-0.2, -0.15) is 0 Å². The van der Waals surface area contributed by atoms with Crippen LogP contribution in [0.2, 0.25) is 0 Å². The van der Waals surface area contributed by atoms with Gasteiger partial charge in [0, 0.05) is 5.39 Å². The molecule has 2 aromatic carbocycles. The van der Waals surface area contributed by atoms with E-state index >= 15 is 0 Å². The number of carbonyl (C=O) groups is 1. The lowest BCUT2D eigenvalue weighted by atomic mass is 10.0. The van der Waals surface area contributed by atoms with Crippen LogP contribution in [0, 0.1) is 0 Å². The molecule has 24 heavy (non-hydrogen) atoms. The molecule has 3 rings (SSSR count). The van der Waals surface area contributed by atoms with Crippen molar-refractivity contribution >= 4 is 33.6 Å². The van der Waals surface area contributed by atoms with Crippen LogP contribution in [0.25, 0.3) is 22.0 Å². The van der Waals surface area contributed by atoms with Crippen molar-refractivity contribution in [1.82, 2.24) is 10.2 Å². The molecule has 1 atom stereocenters. The lowest BCUT2D eigenvalue weighted by Crippen LogP contribution is -2.16. The number of fused-ring (bicyclic) bond motifs is 1. The first-order chi connectivity index (χ1) is 11.5. The molecule has 0 fully saturated rings. The zero-order valence-electron chi connectivity index (χ0n) is 12.5. The number of benzene rings is 2. The average molecular weight is 342 g/mol. The zero-order valence-corrected chi connectivity index (χ0v) is 13.3. The highest BCUT2D eigenvalue weighted by molar-refractivity contribution is 7.78. The first kappa shape index (κ1) is 16.0. The molecule has 0 bridgehead atoms. The van der Waals surface area contributed by atoms with E-state index in [1.807, 2.05) is 24.3 Å². The molecule has 0 aliphatic carbocycles. The fourth-order valence-corrected chi connectivity index (χ4v) is 2.90. The Hall–Kier alpha value is -2.84. The number of nitrogens with two attached hydrogens (primary N) is 2. The minimum Gasteiger partial charge on any atom is -0.396 e. The topological polar surface area (TPSA) is 132 Å². The summed E-state index contributed by atoms with van der Waals surface area (Å²) in [6, 6.07) is 12.7. The highest BCUT2D eigenvalue weighted by Gasteiger charge is 2.13. The summed E-state index contributed by atoms with van der Waals surface area (Å²) in [5, 5.41) is 8.38. The van der Waals surface area contributed by atoms with Crippen LogP contribution in [0.3, 0.4) is 0 Å². The second kappa shape index (κ2) is 6.34. The van der Waals surface area contributed by atoms with Gasteiger partial charge in [-0.05, 0) is 28.8 Å². The van der Waals surface area contributed by atoms with Gasteiger partial charge in [-0.1, -0.05) is 30.3 Å². The van der Waals surface area contributed by atoms with E-state index in [0.29, 0.717) is 10.9 Å². The molecular formula is C16H14N4O3S. The number of aromatic nitrogens is 2. The zero-order chi connectivity index (χ0) is 17.3. The summed E-state index contributed by atoms with van der Waals surface area (Å²) >= 11 is -1.86. The Morgan fingerprint density at radius 2 is 1.75 bits per heavy atom. The molecule has 1 heterocycles. The van der Waals surface area contributed by atoms with E-state index in [1.165, 1.54) is 0 Å². The summed E-state index contributed by atoms with van der Waals surface area (Å²) < 4.78 is 19.7. The van der Waals surface area contributed by atoms with Crippen molar-refractivity contribution in [2.75, 3.05) is 5.73 Å². The number of rotatable bonds is 4. The maximum atomic E-state index is 11.3. The minimum absolute atomic E-state index is 0.0448. The SMILES string of the molecule is NC(=O)c1nnc2cc(-c3ccc(CS(=O)O)cc3)ccc2c1N. The molecule has 7 nitrogen and oxygen atoms in total. The van der Waals surface area contributed by atoms with E-state index in [-0.39, 0.29) is 17.1 Å². The molecule has 0 spiro atoms. The Balaban J connectivity index is 2.00. The maximum absolute atomic E-state index is 11.3. The van der Waals surface area contributed by atoms with Crippen LogP contribution in [0.1, 0.15) is 16.1 Å². The molecule has 0 saturated heterocycles. The van der Waals surface area contributed by atoms with Crippen molar-refractivity contribution in [2.45, 2.75) is 5.75 Å². The Labute approximate surface area is 140 Å². The van der Waals surface area contributed by atoms with E-state index in [1.54, 1.807) is 18.2 Å². The van der Waals surface area contributed by atoms with Crippen molar-refractivity contribution < 1.29 is 13.6 Å². The van der Waals surface area contributed by atoms with Crippen molar-refractivity contribution in [2.24, 2.45) is 5.73 Å². The normalized spacial score (nSPS) is 12.2. The van der Waals surface area contributed by atoms with Gasteiger partial charge < -0.3 is 16.0 Å². The summed E-state index contributed by atoms with van der Waals surface area (Å²) in [4.78, 5) is 11.3. The van der Waals surface area contributed by atoms with Gasteiger partial charge in [-0.15, -0.1) is 10.2 Å². The predicted octanol–water partition coefficient (Wildman–Crippen LogP) is 1.70. The lowest BCUT2D eigenvalue weighted by Gasteiger charge is -2.07. The molecule has 0 saturated carbocycles. The van der Waals surface area contributed by atoms with Gasteiger partial charge in [0.1, 0.15) is 0 Å². The molecular weight excluding hydrogens is 328 g/mol. The number of amides is 1. The minimum atomic E-state index is -1.86. The van der Waals surface area contributed by atoms with Crippen LogP contribution in [-0.4, -0.2) is 24.9 Å².